The molecule has 0 saturated carbocycles. The standard InChI is InChI=1S/C22H23N3O/c1-16-7-5-10-18(13-16)19-11-6-12-25(15-19)22(26)20-14-23-24-21(20)17-8-3-2-4-9-17/h2-5,7-10,13-14,19H,6,11-12,15H2,1H3,(H,23,24)/t19-/m0/s1. The number of hydrogen-bond acceptors (Lipinski definition) is 2. The number of rotatable bonds is 3. The lowest BCUT2D eigenvalue weighted by Crippen LogP contribution is -2.39. The summed E-state index contributed by atoms with van der Waals surface area (Å²) in [5.74, 6) is 0.467. The van der Waals surface area contributed by atoms with Gasteiger partial charge in [0.1, 0.15) is 0 Å². The average molecular weight is 345 g/mol. The summed E-state index contributed by atoms with van der Waals surface area (Å²) >= 11 is 0. The number of likely N-dealkylation sites (tertiary alicyclic amines) is 1. The monoisotopic (exact) mass is 345 g/mol. The Bertz CT molecular complexity index is 901. The van der Waals surface area contributed by atoms with Gasteiger partial charge in [0.25, 0.3) is 5.91 Å². The van der Waals surface area contributed by atoms with Gasteiger partial charge in [0, 0.05) is 24.6 Å². The van der Waals surface area contributed by atoms with Gasteiger partial charge < -0.3 is 4.90 Å². The Hall–Kier alpha value is -2.88. The molecule has 132 valence electrons. The Kier molecular flexibility index (Phi) is 4.57. The molecule has 1 N–H and O–H groups in total. The topological polar surface area (TPSA) is 49.0 Å². The molecule has 1 aliphatic heterocycles. The van der Waals surface area contributed by atoms with Gasteiger partial charge in [-0.2, -0.15) is 5.10 Å². The molecule has 1 atom stereocenters. The van der Waals surface area contributed by atoms with Crippen LogP contribution >= 0.6 is 0 Å². The van der Waals surface area contributed by atoms with E-state index in [1.165, 1.54) is 11.1 Å². The molecule has 1 saturated heterocycles. The van der Waals surface area contributed by atoms with E-state index in [-0.39, 0.29) is 5.91 Å². The number of piperidine rings is 1. The summed E-state index contributed by atoms with van der Waals surface area (Å²) in [6.07, 6.45) is 3.81. The summed E-state index contributed by atoms with van der Waals surface area (Å²) in [4.78, 5) is 15.1. The Labute approximate surface area is 153 Å². The molecular weight excluding hydrogens is 322 g/mol. The number of aromatic amines is 1. The van der Waals surface area contributed by atoms with E-state index < -0.39 is 0 Å². The highest BCUT2D eigenvalue weighted by Gasteiger charge is 2.27. The number of aryl methyl sites for hydroxylation is 1. The molecule has 1 aliphatic rings. The number of H-pyrrole nitrogens is 1. The van der Waals surface area contributed by atoms with Crippen LogP contribution in [0, 0.1) is 6.92 Å². The van der Waals surface area contributed by atoms with Crippen LogP contribution in [-0.4, -0.2) is 34.1 Å². The van der Waals surface area contributed by atoms with Crippen LogP contribution in [0.25, 0.3) is 11.3 Å². The smallest absolute Gasteiger partial charge is 0.257 e. The molecule has 4 heteroatoms. The summed E-state index contributed by atoms with van der Waals surface area (Å²) in [7, 11) is 0. The molecule has 1 amide bonds. The quantitative estimate of drug-likeness (QED) is 0.764. The third kappa shape index (κ3) is 3.27. The van der Waals surface area contributed by atoms with Crippen molar-refractivity contribution >= 4 is 5.91 Å². The maximum atomic E-state index is 13.2. The van der Waals surface area contributed by atoms with Gasteiger partial charge in [0.05, 0.1) is 17.5 Å². The van der Waals surface area contributed by atoms with Crippen molar-refractivity contribution in [2.45, 2.75) is 25.7 Å². The SMILES string of the molecule is Cc1cccc([C@H]2CCCN(C(=O)c3cn[nH]c3-c3ccccc3)C2)c1. The molecule has 26 heavy (non-hydrogen) atoms. The number of carbonyl (C=O) groups excluding carboxylic acids is 1. The van der Waals surface area contributed by atoms with Crippen molar-refractivity contribution < 1.29 is 4.79 Å². The van der Waals surface area contributed by atoms with E-state index in [0.29, 0.717) is 11.5 Å². The molecule has 0 aliphatic carbocycles. The van der Waals surface area contributed by atoms with Gasteiger partial charge in [0.2, 0.25) is 0 Å². The lowest BCUT2D eigenvalue weighted by atomic mass is 9.89. The summed E-state index contributed by atoms with van der Waals surface area (Å²) in [5.41, 5.74) is 5.04. The van der Waals surface area contributed by atoms with E-state index in [9.17, 15) is 4.79 Å². The minimum atomic E-state index is 0.0648. The molecular formula is C22H23N3O. The first kappa shape index (κ1) is 16.6. The van der Waals surface area contributed by atoms with Crippen molar-refractivity contribution in [2.24, 2.45) is 0 Å². The van der Waals surface area contributed by atoms with E-state index in [4.69, 9.17) is 0 Å². The molecule has 0 unspecified atom stereocenters. The van der Waals surface area contributed by atoms with Crippen LogP contribution in [0.4, 0.5) is 0 Å². The highest BCUT2D eigenvalue weighted by Crippen LogP contribution is 2.29. The van der Waals surface area contributed by atoms with Crippen LogP contribution in [0.1, 0.15) is 40.2 Å². The fourth-order valence-electron chi connectivity index (χ4n) is 3.80. The first-order chi connectivity index (χ1) is 12.7. The van der Waals surface area contributed by atoms with Gasteiger partial charge in [-0.1, -0.05) is 60.2 Å². The maximum Gasteiger partial charge on any atom is 0.257 e. The average Bonchev–Trinajstić information content (AvgIpc) is 3.18. The number of carbonyl (C=O) groups is 1. The van der Waals surface area contributed by atoms with Crippen molar-refractivity contribution in [3.8, 4) is 11.3 Å². The third-order valence-corrected chi connectivity index (χ3v) is 5.15. The Balaban J connectivity index is 1.57. The van der Waals surface area contributed by atoms with E-state index >= 15 is 0 Å². The van der Waals surface area contributed by atoms with Gasteiger partial charge in [-0.15, -0.1) is 0 Å². The largest absolute Gasteiger partial charge is 0.338 e. The Morgan fingerprint density at radius 2 is 2.00 bits per heavy atom. The Morgan fingerprint density at radius 3 is 2.81 bits per heavy atom. The van der Waals surface area contributed by atoms with Gasteiger partial charge in [-0.05, 0) is 25.3 Å². The van der Waals surface area contributed by atoms with E-state index in [2.05, 4.69) is 41.4 Å². The van der Waals surface area contributed by atoms with Crippen LogP contribution in [0.5, 0.6) is 0 Å². The second-order valence-corrected chi connectivity index (χ2v) is 7.03. The summed E-state index contributed by atoms with van der Waals surface area (Å²) in [6.45, 7) is 3.69. The summed E-state index contributed by atoms with van der Waals surface area (Å²) < 4.78 is 0. The number of benzene rings is 2. The van der Waals surface area contributed by atoms with Gasteiger partial charge in [-0.3, -0.25) is 9.89 Å². The molecule has 4 rings (SSSR count). The van der Waals surface area contributed by atoms with E-state index in [1.54, 1.807) is 6.20 Å². The second-order valence-electron chi connectivity index (χ2n) is 7.03. The van der Waals surface area contributed by atoms with Crippen LogP contribution in [0.15, 0.2) is 60.8 Å². The molecule has 0 bridgehead atoms. The van der Waals surface area contributed by atoms with Gasteiger partial charge >= 0.3 is 0 Å². The molecule has 2 heterocycles. The first-order valence-corrected chi connectivity index (χ1v) is 9.17. The number of nitrogens with one attached hydrogen (secondary N) is 1. The molecule has 0 radical (unpaired) electrons. The van der Waals surface area contributed by atoms with E-state index in [0.717, 1.165) is 37.2 Å². The molecule has 1 fully saturated rings. The maximum absolute atomic E-state index is 13.2. The fraction of sp³-hybridized carbons (Fsp3) is 0.273. The highest BCUT2D eigenvalue weighted by atomic mass is 16.2. The third-order valence-electron chi connectivity index (χ3n) is 5.15. The predicted octanol–water partition coefficient (Wildman–Crippen LogP) is 4.40. The van der Waals surface area contributed by atoms with Crippen molar-refractivity contribution in [1.29, 1.82) is 0 Å². The highest BCUT2D eigenvalue weighted by molar-refractivity contribution is 5.99. The minimum Gasteiger partial charge on any atom is -0.338 e. The Morgan fingerprint density at radius 1 is 1.15 bits per heavy atom. The van der Waals surface area contributed by atoms with Gasteiger partial charge in [-0.25, -0.2) is 0 Å². The van der Waals surface area contributed by atoms with Gasteiger partial charge in [0.15, 0.2) is 0 Å². The second kappa shape index (κ2) is 7.16. The zero-order chi connectivity index (χ0) is 17.9. The zero-order valence-electron chi connectivity index (χ0n) is 15.0. The molecule has 0 spiro atoms. The van der Waals surface area contributed by atoms with Crippen molar-refractivity contribution in [2.75, 3.05) is 13.1 Å². The predicted molar refractivity (Wildman–Crippen MR) is 103 cm³/mol. The van der Waals surface area contributed by atoms with Crippen molar-refractivity contribution in [3.63, 3.8) is 0 Å². The first-order valence-electron chi connectivity index (χ1n) is 9.17. The number of aromatic nitrogens is 2. The van der Waals surface area contributed by atoms with Crippen LogP contribution < -0.4 is 0 Å². The normalized spacial score (nSPS) is 17.3. The molecule has 1 aromatic heterocycles. The fourth-order valence-corrected chi connectivity index (χ4v) is 3.80. The number of hydrogen-bond donors (Lipinski definition) is 1. The van der Waals surface area contributed by atoms with Crippen LogP contribution in [-0.2, 0) is 0 Å². The molecule has 4 nitrogen and oxygen atoms in total. The number of nitrogens with zero attached hydrogens (tertiary/aromatic N) is 2. The zero-order valence-corrected chi connectivity index (χ0v) is 15.0. The molecule has 3 aromatic rings. The number of amides is 1. The lowest BCUT2D eigenvalue weighted by Gasteiger charge is -2.33. The molecule has 2 aromatic carbocycles. The van der Waals surface area contributed by atoms with Crippen LogP contribution in [0.2, 0.25) is 0 Å². The van der Waals surface area contributed by atoms with Crippen LogP contribution in [0.3, 0.4) is 0 Å². The minimum absolute atomic E-state index is 0.0648. The summed E-state index contributed by atoms with van der Waals surface area (Å²) in [5, 5.41) is 7.13. The lowest BCUT2D eigenvalue weighted by molar-refractivity contribution is 0.0708. The van der Waals surface area contributed by atoms with Crippen molar-refractivity contribution in [1.82, 2.24) is 15.1 Å². The van der Waals surface area contributed by atoms with Crippen molar-refractivity contribution in [3.05, 3.63) is 77.5 Å². The van der Waals surface area contributed by atoms with E-state index in [1.807, 2.05) is 35.2 Å². The summed E-state index contributed by atoms with van der Waals surface area (Å²) in [6, 6.07) is 18.6.